The Morgan fingerprint density at radius 2 is 1.35 bits per heavy atom. The number of fused-ring (bicyclic) bond motifs is 2. The molecule has 0 saturated heterocycles. The smallest absolute Gasteiger partial charge is 0.408 e. The minimum Gasteiger partial charge on any atom is -0.489 e. The Morgan fingerprint density at radius 1 is 0.900 bits per heavy atom. The largest absolute Gasteiger partial charge is 0.489 e. The third-order valence-corrected chi connectivity index (χ3v) is 5.45. The van der Waals surface area contributed by atoms with E-state index in [1.807, 2.05) is 0 Å². The van der Waals surface area contributed by atoms with Crippen molar-refractivity contribution in [2.24, 2.45) is 5.73 Å². The molecule has 4 rings (SSSR count). The molecule has 3 N–H and O–H groups in total. The lowest BCUT2D eigenvalue weighted by Crippen LogP contribution is -2.50. The quantitative estimate of drug-likeness (QED) is 0.487. The highest BCUT2D eigenvalue weighted by molar-refractivity contribution is 6.00. The third-order valence-electron chi connectivity index (χ3n) is 5.45. The van der Waals surface area contributed by atoms with Crippen molar-refractivity contribution >= 4 is 41.7 Å². The molecule has 0 aliphatic carbocycles. The Bertz CT molecular complexity index is 1290. The van der Waals surface area contributed by atoms with E-state index in [-0.39, 0.29) is 48.5 Å². The van der Waals surface area contributed by atoms with Crippen molar-refractivity contribution < 1.29 is 46.2 Å². The topological polar surface area (TPSA) is 123 Å². The maximum absolute atomic E-state index is 13.9. The number of hydrogen-bond acceptors (Lipinski definition) is 7. The average molecular weight is 593 g/mol. The highest BCUT2D eigenvalue weighted by atomic mass is 35.5. The van der Waals surface area contributed by atoms with Gasteiger partial charge in [-0.3, -0.25) is 9.59 Å². The first-order valence-corrected chi connectivity index (χ1v) is 11.6. The molecule has 0 fully saturated rings. The molecule has 2 heterocycles. The fraction of sp³-hybridized carbons (Fsp3) is 0.400. The van der Waals surface area contributed by atoms with Crippen LogP contribution in [0.1, 0.15) is 20.8 Å². The first-order valence-electron chi connectivity index (χ1n) is 11.6. The van der Waals surface area contributed by atoms with Crippen LogP contribution in [0.15, 0.2) is 24.3 Å². The van der Waals surface area contributed by atoms with Crippen molar-refractivity contribution in [3.63, 3.8) is 0 Å². The zero-order valence-electron chi connectivity index (χ0n) is 22.2. The average Bonchev–Trinajstić information content (AvgIpc) is 2.99. The number of hydrogen-bond donors (Lipinski definition) is 2. The first kappa shape index (κ1) is 32.4. The molecule has 10 nitrogen and oxygen atoms in total. The summed E-state index contributed by atoms with van der Waals surface area (Å²) in [6.07, 6.45) is -0.801. The number of alkyl carbamates (subject to hydrolysis) is 1. The molecular weight excluding hydrogens is 564 g/mol. The number of carbonyl (C=O) groups excluding carboxylic acids is 3. The summed E-state index contributed by atoms with van der Waals surface area (Å²) >= 11 is 0. The Labute approximate surface area is 233 Å². The Morgan fingerprint density at radius 3 is 1.82 bits per heavy atom. The van der Waals surface area contributed by atoms with Crippen LogP contribution in [0.2, 0.25) is 0 Å². The lowest BCUT2D eigenvalue weighted by Gasteiger charge is -2.23. The minimum absolute atomic E-state index is 0. The summed E-state index contributed by atoms with van der Waals surface area (Å²) in [6.45, 7) is 4.67. The fourth-order valence-corrected chi connectivity index (χ4v) is 3.71. The van der Waals surface area contributed by atoms with Gasteiger partial charge in [0.05, 0.1) is 0 Å². The summed E-state index contributed by atoms with van der Waals surface area (Å²) in [5, 5.41) is 2.37. The van der Waals surface area contributed by atoms with Gasteiger partial charge < -0.3 is 35.1 Å². The van der Waals surface area contributed by atoms with E-state index in [0.29, 0.717) is 12.1 Å². The molecule has 0 unspecified atom stereocenters. The van der Waals surface area contributed by atoms with E-state index >= 15 is 0 Å². The van der Waals surface area contributed by atoms with E-state index in [1.54, 1.807) is 20.8 Å². The van der Waals surface area contributed by atoms with E-state index in [9.17, 15) is 31.9 Å². The molecule has 0 spiro atoms. The molecular formula is C25H29ClF4N4O6. The van der Waals surface area contributed by atoms with Crippen molar-refractivity contribution in [2.45, 2.75) is 38.5 Å². The van der Waals surface area contributed by atoms with Gasteiger partial charge in [-0.25, -0.2) is 22.4 Å². The molecule has 2 aromatic carbocycles. The number of benzene rings is 2. The van der Waals surface area contributed by atoms with Gasteiger partial charge in [-0.2, -0.15) is 0 Å². The van der Waals surface area contributed by atoms with E-state index in [1.165, 1.54) is 14.1 Å². The molecule has 3 amide bonds. The number of halogens is 5. The molecule has 2 atom stereocenters. The summed E-state index contributed by atoms with van der Waals surface area (Å²) in [6, 6.07) is 1.42. The number of carbonyl (C=O) groups is 3. The summed E-state index contributed by atoms with van der Waals surface area (Å²) in [7, 11) is 2.69. The number of ether oxygens (including phenoxy) is 3. The second-order valence-electron chi connectivity index (χ2n) is 9.69. The molecule has 15 heteroatoms. The predicted molar refractivity (Wildman–Crippen MR) is 139 cm³/mol. The predicted octanol–water partition coefficient (Wildman–Crippen LogP) is 3.28. The SMILES string of the molecule is CN1C(=O)[C@@H](N)COc2cc(F)cc(F)c21.CN1C(=O)[C@@H](NC(=O)OC(C)(C)C)COc2cc(F)cc(F)c21.Cl. The van der Waals surface area contributed by atoms with Crippen molar-refractivity contribution in [1.82, 2.24) is 5.32 Å². The summed E-state index contributed by atoms with van der Waals surface area (Å²) < 4.78 is 69.1. The number of rotatable bonds is 1. The molecule has 2 aliphatic heterocycles. The molecule has 40 heavy (non-hydrogen) atoms. The Kier molecular flexibility index (Phi) is 10.2. The van der Waals surface area contributed by atoms with Gasteiger partial charge in [-0.05, 0) is 20.8 Å². The van der Waals surface area contributed by atoms with E-state index in [4.69, 9.17) is 19.9 Å². The second kappa shape index (κ2) is 12.6. The highest BCUT2D eigenvalue weighted by Crippen LogP contribution is 2.35. The standard InChI is InChI=1S/C15H18F2N2O4.C10H10F2N2O2.ClH/c1-15(2,3)23-14(21)18-10-7-22-11-6-8(16)5-9(17)12(11)19(4)13(10)20;1-14-9-6(12)2-5(11)3-8(9)16-4-7(13)10(14)15;/h5-6,10H,7H2,1-4H3,(H,18,21);2-3,7H,4,13H2,1H3;1H/t10-;7-;/m00./s1. The van der Waals surface area contributed by atoms with Crippen molar-refractivity contribution in [1.29, 1.82) is 0 Å². The normalized spacial score (nSPS) is 18.4. The summed E-state index contributed by atoms with van der Waals surface area (Å²) in [4.78, 5) is 37.8. The Hall–Kier alpha value is -3.78. The van der Waals surface area contributed by atoms with E-state index < -0.39 is 58.9 Å². The number of nitrogens with two attached hydrogens (primary N) is 1. The second-order valence-corrected chi connectivity index (χ2v) is 9.69. The van der Waals surface area contributed by atoms with Crippen molar-refractivity contribution in [3.8, 4) is 11.5 Å². The monoisotopic (exact) mass is 592 g/mol. The third kappa shape index (κ3) is 7.45. The van der Waals surface area contributed by atoms with Crippen LogP contribution in [0.25, 0.3) is 0 Å². The number of nitrogens with one attached hydrogen (secondary N) is 1. The molecule has 0 aromatic heterocycles. The maximum atomic E-state index is 13.9. The van der Waals surface area contributed by atoms with Crippen LogP contribution < -0.4 is 30.3 Å². The number of amides is 3. The van der Waals surface area contributed by atoms with Gasteiger partial charge >= 0.3 is 6.09 Å². The molecule has 220 valence electrons. The molecule has 0 bridgehead atoms. The Balaban J connectivity index is 0.000000290. The minimum atomic E-state index is -1.08. The van der Waals surface area contributed by atoms with Gasteiger partial charge in [0.1, 0.15) is 65.4 Å². The summed E-state index contributed by atoms with van der Waals surface area (Å²) in [5.41, 5.74) is 4.51. The molecule has 0 radical (unpaired) electrons. The fourth-order valence-electron chi connectivity index (χ4n) is 3.71. The lowest BCUT2D eigenvalue weighted by atomic mass is 10.2. The first-order chi connectivity index (χ1) is 18.1. The van der Waals surface area contributed by atoms with Crippen LogP contribution in [0, 0.1) is 23.3 Å². The number of anilines is 2. The zero-order chi connectivity index (χ0) is 29.2. The summed E-state index contributed by atoms with van der Waals surface area (Å²) in [5.74, 6) is -4.53. The lowest BCUT2D eigenvalue weighted by molar-refractivity contribution is -0.121. The van der Waals surface area contributed by atoms with Crippen LogP contribution in [0.4, 0.5) is 33.7 Å². The maximum Gasteiger partial charge on any atom is 0.408 e. The van der Waals surface area contributed by atoms with Crippen LogP contribution in [0.3, 0.4) is 0 Å². The number of nitrogens with zero attached hydrogens (tertiary/aromatic N) is 2. The van der Waals surface area contributed by atoms with E-state index in [0.717, 1.165) is 21.9 Å². The molecule has 2 aromatic rings. The van der Waals surface area contributed by atoms with Gasteiger partial charge in [0.25, 0.3) is 5.91 Å². The van der Waals surface area contributed by atoms with Crippen molar-refractivity contribution in [2.75, 3.05) is 37.1 Å². The van der Waals surface area contributed by atoms with Gasteiger partial charge in [0, 0.05) is 38.4 Å². The molecule has 2 aliphatic rings. The van der Waals surface area contributed by atoms with Gasteiger partial charge in [0.15, 0.2) is 11.6 Å². The van der Waals surface area contributed by atoms with Gasteiger partial charge in [-0.15, -0.1) is 12.4 Å². The zero-order valence-corrected chi connectivity index (χ0v) is 23.0. The van der Waals surface area contributed by atoms with Crippen LogP contribution >= 0.6 is 12.4 Å². The van der Waals surface area contributed by atoms with E-state index in [2.05, 4.69) is 5.32 Å². The van der Waals surface area contributed by atoms with Crippen LogP contribution in [0.5, 0.6) is 11.5 Å². The van der Waals surface area contributed by atoms with Crippen LogP contribution in [-0.2, 0) is 14.3 Å². The highest BCUT2D eigenvalue weighted by Gasteiger charge is 2.34. The molecule has 0 saturated carbocycles. The van der Waals surface area contributed by atoms with Gasteiger partial charge in [-0.1, -0.05) is 0 Å². The number of likely N-dealkylation sites (N-methyl/N-ethyl adjacent to an activating group) is 2. The van der Waals surface area contributed by atoms with Crippen molar-refractivity contribution in [3.05, 3.63) is 47.5 Å². The van der Waals surface area contributed by atoms with Gasteiger partial charge in [0.2, 0.25) is 5.91 Å². The van der Waals surface area contributed by atoms with Crippen LogP contribution in [-0.4, -0.2) is 62.9 Å².